The smallest absolute Gasteiger partial charge is 0.194 e. The maximum Gasteiger partial charge on any atom is 0.194 e. The molecule has 0 atom stereocenters. The van der Waals surface area contributed by atoms with Crippen molar-refractivity contribution in [1.82, 2.24) is 10.2 Å². The number of ether oxygens (including phenoxy) is 1. The zero-order valence-corrected chi connectivity index (χ0v) is 13.4. The van der Waals surface area contributed by atoms with Crippen LogP contribution >= 0.6 is 24.0 Å². The van der Waals surface area contributed by atoms with Crippen LogP contribution in [0.2, 0.25) is 0 Å². The van der Waals surface area contributed by atoms with Gasteiger partial charge in [0.2, 0.25) is 0 Å². The Morgan fingerprint density at radius 3 is 2.78 bits per heavy atom. The second kappa shape index (κ2) is 6.82. The molecule has 1 aromatic carbocycles. The standard InChI is InChI=1S/C13H19N3O.HI/c1-10-6-11(8-12(7-10)17-3)9-15-13-14-4-5-16(13)2;/h6-8H,4-5,9H2,1-3H3,(H,14,15);1H. The number of halogens is 1. The molecule has 18 heavy (non-hydrogen) atoms. The summed E-state index contributed by atoms with van der Waals surface area (Å²) in [5, 5.41) is 3.35. The SMILES string of the molecule is COc1cc(C)cc(CNC2=NCCN2C)c1.I. The van der Waals surface area contributed by atoms with Gasteiger partial charge in [-0.2, -0.15) is 0 Å². The molecule has 2 rings (SSSR count). The summed E-state index contributed by atoms with van der Waals surface area (Å²) in [4.78, 5) is 6.53. The first-order valence-electron chi connectivity index (χ1n) is 5.83. The number of aliphatic imine (C=N–C) groups is 1. The molecule has 100 valence electrons. The Bertz CT molecular complexity index is 434. The molecule has 1 aromatic rings. The molecule has 0 saturated carbocycles. The van der Waals surface area contributed by atoms with Crippen molar-refractivity contribution in [3.05, 3.63) is 29.3 Å². The van der Waals surface area contributed by atoms with E-state index in [-0.39, 0.29) is 24.0 Å². The number of likely N-dealkylation sites (N-methyl/N-ethyl adjacent to an activating group) is 1. The highest BCUT2D eigenvalue weighted by molar-refractivity contribution is 14.0. The highest BCUT2D eigenvalue weighted by Crippen LogP contribution is 2.16. The summed E-state index contributed by atoms with van der Waals surface area (Å²) < 4.78 is 5.26. The first-order chi connectivity index (χ1) is 8.19. The van der Waals surface area contributed by atoms with Gasteiger partial charge in [0.15, 0.2) is 5.96 Å². The average molecular weight is 361 g/mol. The van der Waals surface area contributed by atoms with E-state index in [1.165, 1.54) is 11.1 Å². The fourth-order valence-electron chi connectivity index (χ4n) is 1.95. The number of rotatable bonds is 3. The minimum Gasteiger partial charge on any atom is -0.497 e. The van der Waals surface area contributed by atoms with Crippen LogP contribution < -0.4 is 10.1 Å². The molecule has 5 heteroatoms. The summed E-state index contributed by atoms with van der Waals surface area (Å²) in [6.45, 7) is 4.74. The lowest BCUT2D eigenvalue weighted by atomic mass is 10.1. The fraction of sp³-hybridized carbons (Fsp3) is 0.462. The normalized spacial score (nSPS) is 13.9. The van der Waals surface area contributed by atoms with Gasteiger partial charge < -0.3 is 15.0 Å². The molecule has 0 radical (unpaired) electrons. The van der Waals surface area contributed by atoms with Crippen LogP contribution in [0.15, 0.2) is 23.2 Å². The largest absolute Gasteiger partial charge is 0.497 e. The molecule has 0 bridgehead atoms. The molecule has 0 fully saturated rings. The Morgan fingerprint density at radius 1 is 1.39 bits per heavy atom. The molecule has 0 saturated heterocycles. The molecule has 1 aliphatic heterocycles. The molecule has 1 aliphatic rings. The first-order valence-corrected chi connectivity index (χ1v) is 5.83. The third kappa shape index (κ3) is 3.76. The lowest BCUT2D eigenvalue weighted by Gasteiger charge is -2.15. The van der Waals surface area contributed by atoms with Gasteiger partial charge in [0, 0.05) is 20.1 Å². The van der Waals surface area contributed by atoms with Gasteiger partial charge in [0.25, 0.3) is 0 Å². The van der Waals surface area contributed by atoms with Crippen LogP contribution in [0.25, 0.3) is 0 Å². The lowest BCUT2D eigenvalue weighted by molar-refractivity contribution is 0.414. The molecular weight excluding hydrogens is 341 g/mol. The number of guanidine groups is 1. The zero-order chi connectivity index (χ0) is 12.3. The summed E-state index contributed by atoms with van der Waals surface area (Å²) >= 11 is 0. The van der Waals surface area contributed by atoms with Crippen molar-refractivity contribution < 1.29 is 4.74 Å². The van der Waals surface area contributed by atoms with Crippen molar-refractivity contribution in [2.24, 2.45) is 4.99 Å². The average Bonchev–Trinajstić information content (AvgIpc) is 2.71. The topological polar surface area (TPSA) is 36.9 Å². The van der Waals surface area contributed by atoms with E-state index in [0.717, 1.165) is 31.3 Å². The number of hydrogen-bond acceptors (Lipinski definition) is 4. The van der Waals surface area contributed by atoms with Gasteiger partial charge in [0.05, 0.1) is 13.7 Å². The van der Waals surface area contributed by atoms with E-state index < -0.39 is 0 Å². The maximum absolute atomic E-state index is 5.26. The van der Waals surface area contributed by atoms with Crippen molar-refractivity contribution in [2.75, 3.05) is 27.2 Å². The third-order valence-electron chi connectivity index (χ3n) is 2.86. The third-order valence-corrected chi connectivity index (χ3v) is 2.86. The van der Waals surface area contributed by atoms with Gasteiger partial charge in [0.1, 0.15) is 5.75 Å². The highest BCUT2D eigenvalue weighted by atomic mass is 127. The molecule has 0 aliphatic carbocycles. The van der Waals surface area contributed by atoms with E-state index in [4.69, 9.17) is 4.74 Å². The Hall–Kier alpha value is -0.980. The molecule has 0 spiro atoms. The van der Waals surface area contributed by atoms with E-state index in [1.54, 1.807) is 7.11 Å². The van der Waals surface area contributed by atoms with E-state index >= 15 is 0 Å². The number of hydrogen-bond donors (Lipinski definition) is 1. The van der Waals surface area contributed by atoms with E-state index in [1.807, 2.05) is 6.07 Å². The summed E-state index contributed by atoms with van der Waals surface area (Å²) in [7, 11) is 3.75. The van der Waals surface area contributed by atoms with Crippen molar-refractivity contribution in [2.45, 2.75) is 13.5 Å². The van der Waals surface area contributed by atoms with Gasteiger partial charge in [-0.05, 0) is 30.2 Å². The van der Waals surface area contributed by atoms with Gasteiger partial charge in [-0.1, -0.05) is 6.07 Å². The van der Waals surface area contributed by atoms with Crippen LogP contribution in [0.5, 0.6) is 5.75 Å². The van der Waals surface area contributed by atoms with Crippen molar-refractivity contribution >= 4 is 29.9 Å². The predicted molar refractivity (Wildman–Crippen MR) is 84.9 cm³/mol. The first kappa shape index (κ1) is 15.1. The highest BCUT2D eigenvalue weighted by Gasteiger charge is 2.11. The van der Waals surface area contributed by atoms with Gasteiger partial charge in [-0.25, -0.2) is 0 Å². The molecule has 0 unspecified atom stereocenters. The monoisotopic (exact) mass is 361 g/mol. The maximum atomic E-state index is 5.26. The quantitative estimate of drug-likeness (QED) is 0.837. The summed E-state index contributed by atoms with van der Waals surface area (Å²) in [6, 6.07) is 6.24. The van der Waals surface area contributed by atoms with E-state index in [2.05, 4.69) is 41.3 Å². The van der Waals surface area contributed by atoms with Crippen molar-refractivity contribution in [1.29, 1.82) is 0 Å². The Kier molecular flexibility index (Phi) is 5.71. The second-order valence-electron chi connectivity index (χ2n) is 4.34. The van der Waals surface area contributed by atoms with Crippen molar-refractivity contribution in [3.8, 4) is 5.75 Å². The fourth-order valence-corrected chi connectivity index (χ4v) is 1.95. The van der Waals surface area contributed by atoms with Crippen LogP contribution in [-0.2, 0) is 6.54 Å². The van der Waals surface area contributed by atoms with Crippen LogP contribution in [0.3, 0.4) is 0 Å². The molecular formula is C13H20IN3O. The molecule has 0 aromatic heterocycles. The summed E-state index contributed by atoms with van der Waals surface area (Å²) in [5.41, 5.74) is 2.42. The number of aryl methyl sites for hydroxylation is 1. The van der Waals surface area contributed by atoms with Crippen LogP contribution in [-0.4, -0.2) is 38.1 Å². The van der Waals surface area contributed by atoms with Crippen LogP contribution in [0.4, 0.5) is 0 Å². The zero-order valence-electron chi connectivity index (χ0n) is 11.1. The van der Waals surface area contributed by atoms with Gasteiger partial charge >= 0.3 is 0 Å². The number of methoxy groups -OCH3 is 1. The minimum atomic E-state index is 0. The number of nitrogens with one attached hydrogen (secondary N) is 1. The molecule has 1 N–H and O–H groups in total. The van der Waals surface area contributed by atoms with E-state index in [9.17, 15) is 0 Å². The van der Waals surface area contributed by atoms with Gasteiger partial charge in [-0.15, -0.1) is 24.0 Å². The Labute approximate surface area is 125 Å². The van der Waals surface area contributed by atoms with Crippen LogP contribution in [0.1, 0.15) is 11.1 Å². The van der Waals surface area contributed by atoms with Gasteiger partial charge in [-0.3, -0.25) is 4.99 Å². The second-order valence-corrected chi connectivity index (χ2v) is 4.34. The number of benzene rings is 1. The Balaban J connectivity index is 0.00000162. The minimum absolute atomic E-state index is 0. The molecule has 0 amide bonds. The predicted octanol–water partition coefficient (Wildman–Crippen LogP) is 2.01. The Morgan fingerprint density at radius 2 is 2.17 bits per heavy atom. The lowest BCUT2D eigenvalue weighted by Crippen LogP contribution is -2.35. The van der Waals surface area contributed by atoms with Crippen LogP contribution in [0, 0.1) is 6.92 Å². The molecule has 1 heterocycles. The van der Waals surface area contributed by atoms with E-state index in [0.29, 0.717) is 0 Å². The molecule has 4 nitrogen and oxygen atoms in total. The number of nitrogens with zero attached hydrogens (tertiary/aromatic N) is 2. The summed E-state index contributed by atoms with van der Waals surface area (Å²) in [6.07, 6.45) is 0. The summed E-state index contributed by atoms with van der Waals surface area (Å²) in [5.74, 6) is 1.88. The van der Waals surface area contributed by atoms with Crippen molar-refractivity contribution in [3.63, 3.8) is 0 Å².